The van der Waals surface area contributed by atoms with E-state index in [0.29, 0.717) is 0 Å². The van der Waals surface area contributed by atoms with Crippen LogP contribution >= 0.6 is 0 Å². The van der Waals surface area contributed by atoms with E-state index < -0.39 is 24.3 Å². The molecule has 0 rings (SSSR count). The first-order valence-corrected chi connectivity index (χ1v) is 10.6. The fourth-order valence-electron chi connectivity index (χ4n) is 2.79. The maximum absolute atomic E-state index is 12.0. The average molecular weight is 399 g/mol. The van der Waals surface area contributed by atoms with Crippen molar-refractivity contribution >= 4 is 17.9 Å². The highest BCUT2D eigenvalue weighted by Crippen LogP contribution is 2.15. The molecule has 0 aromatic rings. The van der Waals surface area contributed by atoms with E-state index in [2.05, 4.69) is 13.8 Å². The number of carboxylic acid groups (broad SMARTS) is 1. The quantitative estimate of drug-likeness (QED) is 0.293. The van der Waals surface area contributed by atoms with Crippen LogP contribution in [0.15, 0.2) is 11.6 Å². The second kappa shape index (κ2) is 16.1. The van der Waals surface area contributed by atoms with Crippen molar-refractivity contribution < 1.29 is 29.0 Å². The number of carbonyl (C=O) groups is 3. The Morgan fingerprint density at radius 3 is 1.79 bits per heavy atom. The molecule has 0 heterocycles. The van der Waals surface area contributed by atoms with E-state index in [4.69, 9.17) is 9.47 Å². The summed E-state index contributed by atoms with van der Waals surface area (Å²) in [6.45, 7) is 8.82. The van der Waals surface area contributed by atoms with Gasteiger partial charge in [-0.1, -0.05) is 66.2 Å². The Labute approximate surface area is 169 Å². The second-order valence-electron chi connectivity index (χ2n) is 7.30. The van der Waals surface area contributed by atoms with E-state index in [1.807, 2.05) is 13.8 Å². The van der Waals surface area contributed by atoms with Crippen LogP contribution in [0.2, 0.25) is 0 Å². The fourth-order valence-corrected chi connectivity index (χ4v) is 2.79. The minimum absolute atomic E-state index is 0.263. The number of hydrogen-bond acceptors (Lipinski definition) is 5. The number of unbranched alkanes of at least 4 members (excludes halogenated alkanes) is 2. The Balaban J connectivity index is 4.60. The minimum atomic E-state index is -1.31. The molecule has 0 aliphatic rings. The van der Waals surface area contributed by atoms with Crippen LogP contribution in [-0.2, 0) is 23.9 Å². The first kappa shape index (κ1) is 26.1. The fraction of sp³-hybridized carbons (Fsp3) is 0.773. The van der Waals surface area contributed by atoms with Crippen LogP contribution in [-0.4, -0.2) is 36.2 Å². The Hall–Kier alpha value is -1.85. The molecule has 1 N–H and O–H groups in total. The van der Waals surface area contributed by atoms with E-state index >= 15 is 0 Å². The summed E-state index contributed by atoms with van der Waals surface area (Å²) in [5.41, 5.74) is -0.307. The topological polar surface area (TPSA) is 89.9 Å². The highest BCUT2D eigenvalue weighted by atomic mass is 16.5. The third-order valence-corrected chi connectivity index (χ3v) is 4.93. The zero-order valence-electron chi connectivity index (χ0n) is 18.0. The van der Waals surface area contributed by atoms with E-state index in [-0.39, 0.29) is 30.6 Å². The summed E-state index contributed by atoms with van der Waals surface area (Å²) >= 11 is 0. The molecule has 6 nitrogen and oxygen atoms in total. The standard InChI is InChI=1S/C22H38O6/c1-5-9-11-17(7-3)15-27-20(23)13-19(22(25)26)14-21(24)28-16-18(8-4)12-10-6-2/h13,17-18H,5-12,14-16H2,1-4H3,(H,25,26). The number of ether oxygens (including phenoxy) is 2. The molecule has 0 aliphatic carbocycles. The van der Waals surface area contributed by atoms with Gasteiger partial charge in [-0.05, 0) is 24.7 Å². The van der Waals surface area contributed by atoms with Gasteiger partial charge < -0.3 is 14.6 Å². The summed E-state index contributed by atoms with van der Waals surface area (Å²) in [6.07, 6.45) is 8.48. The van der Waals surface area contributed by atoms with Gasteiger partial charge in [-0.2, -0.15) is 0 Å². The largest absolute Gasteiger partial charge is 0.478 e. The van der Waals surface area contributed by atoms with E-state index in [1.165, 1.54) is 0 Å². The Morgan fingerprint density at radius 1 is 0.857 bits per heavy atom. The molecule has 0 saturated carbocycles. The molecule has 0 spiro atoms. The molecular weight excluding hydrogens is 360 g/mol. The molecule has 0 aliphatic heterocycles. The highest BCUT2D eigenvalue weighted by molar-refractivity contribution is 5.98. The maximum Gasteiger partial charge on any atom is 0.332 e. The lowest BCUT2D eigenvalue weighted by Gasteiger charge is -2.15. The first-order valence-electron chi connectivity index (χ1n) is 10.6. The monoisotopic (exact) mass is 398 g/mol. The van der Waals surface area contributed by atoms with Gasteiger partial charge in [-0.25, -0.2) is 9.59 Å². The zero-order valence-corrected chi connectivity index (χ0v) is 18.0. The van der Waals surface area contributed by atoms with Gasteiger partial charge in [0.15, 0.2) is 0 Å². The van der Waals surface area contributed by atoms with Crippen LogP contribution in [0.1, 0.15) is 85.5 Å². The number of hydrogen-bond donors (Lipinski definition) is 1. The molecular formula is C22H38O6. The molecule has 28 heavy (non-hydrogen) atoms. The first-order chi connectivity index (χ1) is 13.4. The molecule has 0 amide bonds. The van der Waals surface area contributed by atoms with E-state index in [0.717, 1.165) is 57.4 Å². The molecule has 0 fully saturated rings. The van der Waals surface area contributed by atoms with Crippen LogP contribution in [0, 0.1) is 11.8 Å². The molecule has 0 aromatic heterocycles. The number of carboxylic acids is 1. The Bertz CT molecular complexity index is 497. The summed E-state index contributed by atoms with van der Waals surface area (Å²) in [6, 6.07) is 0. The van der Waals surface area contributed by atoms with Crippen molar-refractivity contribution in [2.45, 2.75) is 85.5 Å². The van der Waals surface area contributed by atoms with Gasteiger partial charge in [0.25, 0.3) is 0 Å². The van der Waals surface area contributed by atoms with Crippen molar-refractivity contribution in [1.29, 1.82) is 0 Å². The van der Waals surface area contributed by atoms with Crippen LogP contribution in [0.3, 0.4) is 0 Å². The molecule has 6 heteroatoms. The van der Waals surface area contributed by atoms with Crippen LogP contribution in [0.5, 0.6) is 0 Å². The van der Waals surface area contributed by atoms with Crippen LogP contribution < -0.4 is 0 Å². The molecule has 162 valence electrons. The van der Waals surface area contributed by atoms with Crippen molar-refractivity contribution in [3.05, 3.63) is 11.6 Å². The second-order valence-corrected chi connectivity index (χ2v) is 7.30. The third kappa shape index (κ3) is 12.5. The highest BCUT2D eigenvalue weighted by Gasteiger charge is 2.18. The van der Waals surface area contributed by atoms with Gasteiger partial charge in [0.05, 0.1) is 25.2 Å². The molecule has 0 aromatic carbocycles. The lowest BCUT2D eigenvalue weighted by molar-refractivity contribution is -0.146. The average Bonchev–Trinajstić information content (AvgIpc) is 2.67. The van der Waals surface area contributed by atoms with Crippen molar-refractivity contribution in [3.63, 3.8) is 0 Å². The van der Waals surface area contributed by atoms with Crippen LogP contribution in [0.25, 0.3) is 0 Å². The summed E-state index contributed by atoms with van der Waals surface area (Å²) < 4.78 is 10.4. The van der Waals surface area contributed by atoms with Gasteiger partial charge in [-0.3, -0.25) is 4.79 Å². The zero-order chi connectivity index (χ0) is 21.4. The molecule has 2 atom stereocenters. The molecule has 0 radical (unpaired) electrons. The minimum Gasteiger partial charge on any atom is -0.478 e. The third-order valence-electron chi connectivity index (χ3n) is 4.93. The van der Waals surface area contributed by atoms with Gasteiger partial charge in [0.2, 0.25) is 0 Å². The number of carbonyl (C=O) groups excluding carboxylic acids is 2. The van der Waals surface area contributed by atoms with Gasteiger partial charge in [-0.15, -0.1) is 0 Å². The summed E-state index contributed by atoms with van der Waals surface area (Å²) in [5.74, 6) is -2.13. The summed E-state index contributed by atoms with van der Waals surface area (Å²) in [4.78, 5) is 35.3. The Kier molecular flexibility index (Phi) is 15.1. The van der Waals surface area contributed by atoms with Crippen molar-refractivity contribution in [3.8, 4) is 0 Å². The van der Waals surface area contributed by atoms with Crippen molar-refractivity contribution in [1.82, 2.24) is 0 Å². The Morgan fingerprint density at radius 2 is 1.36 bits per heavy atom. The summed E-state index contributed by atoms with van der Waals surface area (Å²) in [7, 11) is 0. The summed E-state index contributed by atoms with van der Waals surface area (Å²) in [5, 5.41) is 9.27. The SMILES string of the molecule is CCCCC(CC)COC(=O)C=C(CC(=O)OCC(CC)CCCC)C(=O)O. The smallest absolute Gasteiger partial charge is 0.332 e. The molecule has 0 bridgehead atoms. The predicted molar refractivity (Wildman–Crippen MR) is 109 cm³/mol. The van der Waals surface area contributed by atoms with Gasteiger partial charge >= 0.3 is 17.9 Å². The number of rotatable bonds is 16. The van der Waals surface area contributed by atoms with Crippen molar-refractivity contribution in [2.75, 3.05) is 13.2 Å². The number of esters is 2. The van der Waals surface area contributed by atoms with Crippen LogP contribution in [0.4, 0.5) is 0 Å². The normalized spacial score (nSPS) is 13.6. The maximum atomic E-state index is 12.0. The predicted octanol–water partition coefficient (Wildman–Crippen LogP) is 4.91. The molecule has 0 saturated heterocycles. The lowest BCUT2D eigenvalue weighted by atomic mass is 10.0. The van der Waals surface area contributed by atoms with E-state index in [9.17, 15) is 19.5 Å². The van der Waals surface area contributed by atoms with Crippen molar-refractivity contribution in [2.24, 2.45) is 11.8 Å². The van der Waals surface area contributed by atoms with Gasteiger partial charge in [0, 0.05) is 6.08 Å². The lowest BCUT2D eigenvalue weighted by Crippen LogP contribution is -2.17. The van der Waals surface area contributed by atoms with Gasteiger partial charge in [0.1, 0.15) is 0 Å². The van der Waals surface area contributed by atoms with E-state index in [1.54, 1.807) is 0 Å². The number of aliphatic carboxylic acids is 1. The molecule has 2 unspecified atom stereocenters.